The molecule has 174 valence electrons. The van der Waals surface area contributed by atoms with E-state index in [-0.39, 0.29) is 6.04 Å². The third-order valence-electron chi connectivity index (χ3n) is 7.08. The molecular formula is C24H36N6OS. The molecule has 2 bridgehead atoms. The molecule has 2 aliphatic rings. The van der Waals surface area contributed by atoms with E-state index in [1.54, 1.807) is 18.4 Å². The van der Waals surface area contributed by atoms with Crippen molar-refractivity contribution in [2.45, 2.75) is 89.4 Å². The van der Waals surface area contributed by atoms with E-state index in [0.29, 0.717) is 30.5 Å². The van der Waals surface area contributed by atoms with Crippen LogP contribution in [0.3, 0.4) is 0 Å². The van der Waals surface area contributed by atoms with E-state index in [0.717, 1.165) is 36.2 Å². The molecule has 0 aliphatic carbocycles. The van der Waals surface area contributed by atoms with Gasteiger partial charge in [0.25, 0.3) is 0 Å². The van der Waals surface area contributed by atoms with Crippen molar-refractivity contribution in [1.29, 1.82) is 5.26 Å². The molecule has 7 nitrogen and oxygen atoms in total. The number of piperidine rings is 1. The number of rotatable bonds is 10. The molecule has 2 fully saturated rings. The van der Waals surface area contributed by atoms with E-state index < -0.39 is 0 Å². The van der Waals surface area contributed by atoms with Crippen LogP contribution in [0.5, 0.6) is 5.06 Å². The Kier molecular flexibility index (Phi) is 7.49. The number of fused-ring (bicyclic) bond motifs is 2. The number of thiophene rings is 1. The van der Waals surface area contributed by atoms with Gasteiger partial charge in [-0.05, 0) is 51.2 Å². The fraction of sp³-hybridized carbons (Fsp3) is 0.708. The average molecular weight is 457 g/mol. The first-order valence-corrected chi connectivity index (χ1v) is 12.7. The maximum atomic E-state index is 8.95. The van der Waals surface area contributed by atoms with Crippen molar-refractivity contribution in [1.82, 2.24) is 25.0 Å². The van der Waals surface area contributed by atoms with Crippen molar-refractivity contribution in [2.24, 2.45) is 0 Å². The highest BCUT2D eigenvalue weighted by Crippen LogP contribution is 2.42. The number of methoxy groups -OCH3 is 1. The minimum atomic E-state index is 0.266. The van der Waals surface area contributed by atoms with E-state index >= 15 is 0 Å². The van der Waals surface area contributed by atoms with Crippen LogP contribution in [-0.4, -0.2) is 51.9 Å². The molecule has 32 heavy (non-hydrogen) atoms. The Balaban J connectivity index is 1.42. The molecule has 0 spiro atoms. The summed E-state index contributed by atoms with van der Waals surface area (Å²) in [5, 5.41) is 22.4. The van der Waals surface area contributed by atoms with Gasteiger partial charge in [0.15, 0.2) is 5.06 Å². The summed E-state index contributed by atoms with van der Waals surface area (Å²) in [5.41, 5.74) is 0. The highest BCUT2D eigenvalue weighted by atomic mass is 32.1. The summed E-state index contributed by atoms with van der Waals surface area (Å²) in [4.78, 5) is 4.05. The first-order chi connectivity index (χ1) is 15.5. The van der Waals surface area contributed by atoms with Gasteiger partial charge in [0.2, 0.25) is 0 Å². The van der Waals surface area contributed by atoms with Crippen molar-refractivity contribution in [3.8, 4) is 11.1 Å². The van der Waals surface area contributed by atoms with E-state index in [2.05, 4.69) is 57.9 Å². The van der Waals surface area contributed by atoms with Gasteiger partial charge in [0.05, 0.1) is 13.2 Å². The highest BCUT2D eigenvalue weighted by Gasteiger charge is 2.42. The minimum Gasteiger partial charge on any atom is -0.487 e. The Morgan fingerprint density at radius 3 is 2.59 bits per heavy atom. The van der Waals surface area contributed by atoms with Gasteiger partial charge >= 0.3 is 0 Å². The summed E-state index contributed by atoms with van der Waals surface area (Å²) in [6.45, 7) is 8.33. The van der Waals surface area contributed by atoms with Gasteiger partial charge in [0.1, 0.15) is 11.6 Å². The zero-order valence-electron chi connectivity index (χ0n) is 19.8. The highest BCUT2D eigenvalue weighted by molar-refractivity contribution is 7.13. The number of hydrogen-bond acceptors (Lipinski definition) is 7. The number of nitrogens with one attached hydrogen (secondary N) is 1. The first-order valence-electron chi connectivity index (χ1n) is 11.9. The molecule has 2 saturated heterocycles. The topological polar surface area (TPSA) is 79.0 Å². The van der Waals surface area contributed by atoms with Crippen LogP contribution in [0.15, 0.2) is 12.1 Å². The monoisotopic (exact) mass is 456 g/mol. The molecule has 2 aliphatic heterocycles. The molecule has 2 aromatic heterocycles. The van der Waals surface area contributed by atoms with Gasteiger partial charge in [-0.3, -0.25) is 4.90 Å². The molecule has 0 aromatic carbocycles. The second kappa shape index (κ2) is 10.3. The van der Waals surface area contributed by atoms with Crippen molar-refractivity contribution >= 4 is 11.3 Å². The molecule has 0 amide bonds. The molecule has 3 atom stereocenters. The molecule has 2 aromatic rings. The summed E-state index contributed by atoms with van der Waals surface area (Å²) in [7, 11) is 1.72. The number of ether oxygens (including phenoxy) is 1. The Morgan fingerprint density at radius 2 is 1.97 bits per heavy atom. The van der Waals surface area contributed by atoms with Crippen molar-refractivity contribution in [2.75, 3.05) is 20.2 Å². The molecule has 4 heterocycles. The second-order valence-corrected chi connectivity index (χ2v) is 10.5. The zero-order chi connectivity index (χ0) is 22.7. The van der Waals surface area contributed by atoms with Crippen molar-refractivity contribution in [3.05, 3.63) is 28.7 Å². The van der Waals surface area contributed by atoms with Gasteiger partial charge in [-0.25, -0.2) is 0 Å². The van der Waals surface area contributed by atoms with Gasteiger partial charge in [-0.15, -0.1) is 21.5 Å². The molecule has 2 unspecified atom stereocenters. The second-order valence-electron chi connectivity index (χ2n) is 9.44. The molecular weight excluding hydrogens is 420 g/mol. The van der Waals surface area contributed by atoms with Gasteiger partial charge in [0, 0.05) is 54.5 Å². The third kappa shape index (κ3) is 4.85. The normalized spacial score (nSPS) is 24.1. The lowest BCUT2D eigenvalue weighted by Gasteiger charge is -2.40. The van der Waals surface area contributed by atoms with Gasteiger partial charge in [-0.1, -0.05) is 13.8 Å². The Morgan fingerprint density at radius 1 is 1.22 bits per heavy atom. The van der Waals surface area contributed by atoms with Crippen LogP contribution >= 0.6 is 11.3 Å². The first kappa shape index (κ1) is 23.2. The van der Waals surface area contributed by atoms with Crippen LogP contribution < -0.4 is 10.1 Å². The maximum Gasteiger partial charge on any atom is 0.173 e. The van der Waals surface area contributed by atoms with Crippen LogP contribution in [0.1, 0.15) is 86.9 Å². The van der Waals surface area contributed by atoms with Crippen LogP contribution in [-0.2, 0) is 0 Å². The maximum absolute atomic E-state index is 8.95. The summed E-state index contributed by atoms with van der Waals surface area (Å²) in [6.07, 6.45) is 6.54. The lowest BCUT2D eigenvalue weighted by Crippen LogP contribution is -2.45. The molecule has 1 N–H and O–H groups in total. The Labute approximate surface area is 195 Å². The number of aryl methyl sites for hydroxylation is 1. The van der Waals surface area contributed by atoms with E-state index in [4.69, 9.17) is 10.00 Å². The predicted molar refractivity (Wildman–Crippen MR) is 127 cm³/mol. The Bertz CT molecular complexity index is 917. The predicted octanol–water partition coefficient (Wildman–Crippen LogP) is 4.58. The molecule has 0 radical (unpaired) electrons. The fourth-order valence-electron chi connectivity index (χ4n) is 5.61. The number of hydrogen-bond donors (Lipinski definition) is 1. The van der Waals surface area contributed by atoms with E-state index in [1.807, 2.05) is 6.07 Å². The lowest BCUT2D eigenvalue weighted by molar-refractivity contribution is 0.0999. The standard InChI is InChI=1S/C24H36N6OS/c1-16(2)24-28-27-17(3)30(24)20-14-18-6-7-19(15-20)29(18)13-10-21(26-12-5-11-25)22-8-9-23(31-4)32-22/h8-9,16,18-21,26H,5-7,10,12-15H2,1-4H3/t18?,19?,20?,21-/m0/s1. The summed E-state index contributed by atoms with van der Waals surface area (Å²) in [6, 6.07) is 8.51. The van der Waals surface area contributed by atoms with Gasteiger partial charge in [-0.2, -0.15) is 5.26 Å². The molecule has 0 saturated carbocycles. The summed E-state index contributed by atoms with van der Waals surface area (Å²) >= 11 is 1.70. The zero-order valence-corrected chi connectivity index (χ0v) is 20.6. The summed E-state index contributed by atoms with van der Waals surface area (Å²) in [5.74, 6) is 2.59. The third-order valence-corrected chi connectivity index (χ3v) is 8.24. The van der Waals surface area contributed by atoms with E-state index in [9.17, 15) is 0 Å². The van der Waals surface area contributed by atoms with Crippen LogP contribution in [0.2, 0.25) is 0 Å². The number of nitrogens with zero attached hydrogens (tertiary/aromatic N) is 5. The smallest absolute Gasteiger partial charge is 0.173 e. The quantitative estimate of drug-likeness (QED) is 0.527. The van der Waals surface area contributed by atoms with E-state index in [1.165, 1.54) is 30.6 Å². The van der Waals surface area contributed by atoms with Crippen LogP contribution in [0.4, 0.5) is 0 Å². The molecule has 4 rings (SSSR count). The van der Waals surface area contributed by atoms with Crippen molar-refractivity contribution in [3.63, 3.8) is 0 Å². The SMILES string of the molecule is COc1ccc([C@H](CCN2C3CCC2CC(n2c(C)nnc2C(C)C)C3)NCCC#N)s1. The summed E-state index contributed by atoms with van der Waals surface area (Å²) < 4.78 is 7.84. The molecule has 8 heteroatoms. The Hall–Kier alpha value is -1.95. The average Bonchev–Trinajstić information content (AvgIpc) is 3.46. The number of aromatic nitrogens is 3. The van der Waals surface area contributed by atoms with Gasteiger partial charge < -0.3 is 14.6 Å². The van der Waals surface area contributed by atoms with Crippen LogP contribution in [0, 0.1) is 18.3 Å². The van der Waals surface area contributed by atoms with Crippen LogP contribution in [0.25, 0.3) is 0 Å². The van der Waals surface area contributed by atoms with Crippen molar-refractivity contribution < 1.29 is 4.74 Å². The lowest BCUT2D eigenvalue weighted by atomic mass is 9.95. The number of nitriles is 1. The largest absolute Gasteiger partial charge is 0.487 e. The fourth-order valence-corrected chi connectivity index (χ4v) is 6.54. The minimum absolute atomic E-state index is 0.266.